The molecule has 0 saturated carbocycles. The van der Waals surface area contributed by atoms with Crippen LogP contribution in [0.5, 0.6) is 0 Å². The van der Waals surface area contributed by atoms with E-state index in [9.17, 15) is 0 Å². The Morgan fingerprint density at radius 2 is 2.10 bits per heavy atom. The number of nitrogens with two attached hydrogens (primary N) is 2. The van der Waals surface area contributed by atoms with Crippen LogP contribution in [0.1, 0.15) is 20.3 Å². The summed E-state index contributed by atoms with van der Waals surface area (Å²) in [5, 5.41) is 0. The van der Waals surface area contributed by atoms with Gasteiger partial charge in [0.1, 0.15) is 0 Å². The molecule has 4 N–H and O–H groups in total. The van der Waals surface area contributed by atoms with Crippen LogP contribution < -0.4 is 11.5 Å². The molecule has 3 nitrogen and oxygen atoms in total. The average molecular weight is 141 g/mol. The lowest BCUT2D eigenvalue weighted by Gasteiger charge is -1.95. The summed E-state index contributed by atoms with van der Waals surface area (Å²) >= 11 is 0. The van der Waals surface area contributed by atoms with Crippen LogP contribution in [0.2, 0.25) is 0 Å². The van der Waals surface area contributed by atoms with Gasteiger partial charge in [-0.2, -0.15) is 0 Å². The molecule has 0 aliphatic carbocycles. The van der Waals surface area contributed by atoms with E-state index < -0.39 is 0 Å². The molecule has 0 amide bonds. The maximum Gasteiger partial charge on any atom is 0.185 e. The minimum atomic E-state index is 0.170. The highest BCUT2D eigenvalue weighted by atomic mass is 15.0. The standard InChI is InChI=1S/C7H15N3/c1-3-6(2)4-5-10-7(8)9/h3H,4-5H2,1-2H3,(H4,8,9,10)/b6-3+. The lowest BCUT2D eigenvalue weighted by atomic mass is 10.2. The Balaban J connectivity index is 3.47. The molecule has 0 fully saturated rings. The maximum absolute atomic E-state index is 5.13. The minimum Gasteiger partial charge on any atom is -0.370 e. The number of aliphatic imine (C=N–C) groups is 1. The van der Waals surface area contributed by atoms with Gasteiger partial charge in [-0.15, -0.1) is 0 Å². The summed E-state index contributed by atoms with van der Waals surface area (Å²) < 4.78 is 0. The van der Waals surface area contributed by atoms with E-state index in [-0.39, 0.29) is 5.96 Å². The molecule has 0 heterocycles. The van der Waals surface area contributed by atoms with Crippen LogP contribution in [0.4, 0.5) is 0 Å². The van der Waals surface area contributed by atoms with Gasteiger partial charge in [0.2, 0.25) is 0 Å². The van der Waals surface area contributed by atoms with Crippen molar-refractivity contribution < 1.29 is 0 Å². The summed E-state index contributed by atoms with van der Waals surface area (Å²) in [5.41, 5.74) is 11.6. The van der Waals surface area contributed by atoms with Crippen molar-refractivity contribution in [3.63, 3.8) is 0 Å². The fourth-order valence-electron chi connectivity index (χ4n) is 0.506. The van der Waals surface area contributed by atoms with Crippen molar-refractivity contribution >= 4 is 5.96 Å². The molecule has 0 atom stereocenters. The third-order valence-electron chi connectivity index (χ3n) is 1.29. The molecule has 10 heavy (non-hydrogen) atoms. The first-order valence-corrected chi connectivity index (χ1v) is 3.34. The molecular formula is C7H15N3. The Morgan fingerprint density at radius 1 is 1.50 bits per heavy atom. The molecule has 3 heteroatoms. The normalized spacial score (nSPS) is 11.2. The molecule has 0 aromatic rings. The number of hydrogen-bond acceptors (Lipinski definition) is 1. The van der Waals surface area contributed by atoms with Crippen LogP contribution in [0.15, 0.2) is 16.6 Å². The van der Waals surface area contributed by atoms with Crippen molar-refractivity contribution in [1.82, 2.24) is 0 Å². The van der Waals surface area contributed by atoms with Crippen LogP contribution in [0.25, 0.3) is 0 Å². The highest BCUT2D eigenvalue weighted by Gasteiger charge is 1.85. The van der Waals surface area contributed by atoms with Gasteiger partial charge in [0.05, 0.1) is 0 Å². The maximum atomic E-state index is 5.13. The Morgan fingerprint density at radius 3 is 2.50 bits per heavy atom. The van der Waals surface area contributed by atoms with Gasteiger partial charge in [-0.05, 0) is 20.3 Å². The molecule has 0 spiro atoms. The molecule has 0 rings (SSSR count). The first kappa shape index (κ1) is 9.01. The SMILES string of the molecule is C/C=C(\C)CCN=C(N)N. The van der Waals surface area contributed by atoms with Gasteiger partial charge in [0.25, 0.3) is 0 Å². The molecule has 58 valence electrons. The molecule has 0 bridgehead atoms. The average Bonchev–Trinajstić information content (AvgIpc) is 1.87. The van der Waals surface area contributed by atoms with Crippen LogP contribution >= 0.6 is 0 Å². The monoisotopic (exact) mass is 141 g/mol. The Hall–Kier alpha value is -0.990. The van der Waals surface area contributed by atoms with E-state index >= 15 is 0 Å². The lowest BCUT2D eigenvalue weighted by Crippen LogP contribution is -2.22. The smallest absolute Gasteiger partial charge is 0.185 e. The van der Waals surface area contributed by atoms with E-state index in [1.54, 1.807) is 0 Å². The third-order valence-corrected chi connectivity index (χ3v) is 1.29. The predicted octanol–water partition coefficient (Wildman–Crippen LogP) is 0.616. The van der Waals surface area contributed by atoms with Crippen molar-refractivity contribution in [2.24, 2.45) is 16.5 Å². The van der Waals surface area contributed by atoms with E-state index in [1.807, 2.05) is 6.92 Å². The largest absolute Gasteiger partial charge is 0.370 e. The van der Waals surface area contributed by atoms with Gasteiger partial charge < -0.3 is 11.5 Å². The van der Waals surface area contributed by atoms with Gasteiger partial charge in [-0.1, -0.05) is 11.6 Å². The second-order valence-corrected chi connectivity index (χ2v) is 2.19. The van der Waals surface area contributed by atoms with Crippen molar-refractivity contribution in [1.29, 1.82) is 0 Å². The van der Waals surface area contributed by atoms with E-state index in [2.05, 4.69) is 18.0 Å². The number of guanidine groups is 1. The Kier molecular flexibility index (Phi) is 4.37. The fraction of sp³-hybridized carbons (Fsp3) is 0.571. The molecule has 0 aliphatic rings. The summed E-state index contributed by atoms with van der Waals surface area (Å²) in [6.45, 7) is 4.76. The van der Waals surface area contributed by atoms with Gasteiger partial charge in [0, 0.05) is 6.54 Å². The zero-order chi connectivity index (χ0) is 7.98. The first-order chi connectivity index (χ1) is 4.66. The summed E-state index contributed by atoms with van der Waals surface area (Å²) in [6, 6.07) is 0. The molecule has 0 aromatic carbocycles. The summed E-state index contributed by atoms with van der Waals surface area (Å²) in [4.78, 5) is 3.84. The third kappa shape index (κ3) is 5.15. The second kappa shape index (κ2) is 4.85. The molecule has 0 aliphatic heterocycles. The van der Waals surface area contributed by atoms with E-state index in [0.717, 1.165) is 6.42 Å². The van der Waals surface area contributed by atoms with Gasteiger partial charge in [0.15, 0.2) is 5.96 Å². The lowest BCUT2D eigenvalue weighted by molar-refractivity contribution is 0.942. The molecule has 0 saturated heterocycles. The van der Waals surface area contributed by atoms with Crippen molar-refractivity contribution in [3.8, 4) is 0 Å². The zero-order valence-electron chi connectivity index (χ0n) is 6.59. The number of allylic oxidation sites excluding steroid dienone is 1. The summed E-state index contributed by atoms with van der Waals surface area (Å²) in [5.74, 6) is 0.170. The van der Waals surface area contributed by atoms with Crippen LogP contribution in [0.3, 0.4) is 0 Å². The van der Waals surface area contributed by atoms with E-state index in [4.69, 9.17) is 11.5 Å². The Bertz CT molecular complexity index is 143. The van der Waals surface area contributed by atoms with Crippen molar-refractivity contribution in [2.75, 3.05) is 6.54 Å². The quantitative estimate of drug-likeness (QED) is 0.344. The molecule has 0 aromatic heterocycles. The van der Waals surface area contributed by atoms with Crippen molar-refractivity contribution in [2.45, 2.75) is 20.3 Å². The first-order valence-electron chi connectivity index (χ1n) is 3.34. The molecular weight excluding hydrogens is 126 g/mol. The minimum absolute atomic E-state index is 0.170. The predicted molar refractivity (Wildman–Crippen MR) is 44.7 cm³/mol. The van der Waals surface area contributed by atoms with Gasteiger partial charge in [-0.25, -0.2) is 0 Å². The summed E-state index contributed by atoms with van der Waals surface area (Å²) in [6.07, 6.45) is 3.00. The van der Waals surface area contributed by atoms with Crippen LogP contribution in [-0.4, -0.2) is 12.5 Å². The topological polar surface area (TPSA) is 64.4 Å². The van der Waals surface area contributed by atoms with E-state index in [0.29, 0.717) is 6.54 Å². The van der Waals surface area contributed by atoms with Crippen LogP contribution in [-0.2, 0) is 0 Å². The van der Waals surface area contributed by atoms with E-state index in [1.165, 1.54) is 5.57 Å². The van der Waals surface area contributed by atoms with Gasteiger partial charge in [-0.3, -0.25) is 4.99 Å². The number of rotatable bonds is 3. The zero-order valence-corrected chi connectivity index (χ0v) is 6.59. The van der Waals surface area contributed by atoms with Crippen molar-refractivity contribution in [3.05, 3.63) is 11.6 Å². The molecule has 0 unspecified atom stereocenters. The highest BCUT2D eigenvalue weighted by molar-refractivity contribution is 5.75. The van der Waals surface area contributed by atoms with Gasteiger partial charge >= 0.3 is 0 Å². The fourth-order valence-corrected chi connectivity index (χ4v) is 0.506. The van der Waals surface area contributed by atoms with Crippen LogP contribution in [0, 0.1) is 0 Å². The number of hydrogen-bond donors (Lipinski definition) is 2. The number of nitrogens with zero attached hydrogens (tertiary/aromatic N) is 1. The highest BCUT2D eigenvalue weighted by Crippen LogP contribution is 1.97. The second-order valence-electron chi connectivity index (χ2n) is 2.19. The molecule has 0 radical (unpaired) electrons. The summed E-state index contributed by atoms with van der Waals surface area (Å²) in [7, 11) is 0. The Labute approximate surface area is 61.8 Å².